The van der Waals surface area contributed by atoms with Gasteiger partial charge < -0.3 is 5.32 Å². The molecule has 1 heterocycles. The summed E-state index contributed by atoms with van der Waals surface area (Å²) in [6.07, 6.45) is -1.43. The van der Waals surface area contributed by atoms with E-state index in [0.29, 0.717) is 17.2 Å². The molecule has 0 aromatic heterocycles. The molecule has 19 heavy (non-hydrogen) atoms. The molecule has 0 spiro atoms. The maximum Gasteiger partial charge on any atom is 0.416 e. The standard InChI is InChI=1S/C14H18F3NS/c15-14(16,17)13-6-2-1-4-11(13)7-9-19-12-5-3-8-18-10-12/h1-2,4,6,12,18H,3,5,7-10H2. The Balaban J connectivity index is 1.88. The van der Waals surface area contributed by atoms with Gasteiger partial charge in [-0.05, 0) is 43.2 Å². The van der Waals surface area contributed by atoms with Gasteiger partial charge in [0.25, 0.3) is 0 Å². The Labute approximate surface area is 116 Å². The molecule has 106 valence electrons. The van der Waals surface area contributed by atoms with Gasteiger partial charge in [0.15, 0.2) is 0 Å². The lowest BCUT2D eigenvalue weighted by molar-refractivity contribution is -0.138. The number of thioether (sulfide) groups is 1. The van der Waals surface area contributed by atoms with Gasteiger partial charge in [0.2, 0.25) is 0 Å². The van der Waals surface area contributed by atoms with Crippen LogP contribution >= 0.6 is 11.8 Å². The number of benzene rings is 1. The summed E-state index contributed by atoms with van der Waals surface area (Å²) in [6, 6.07) is 5.88. The predicted molar refractivity (Wildman–Crippen MR) is 73.5 cm³/mol. The van der Waals surface area contributed by atoms with Crippen molar-refractivity contribution in [3.8, 4) is 0 Å². The summed E-state index contributed by atoms with van der Waals surface area (Å²) in [7, 11) is 0. The fourth-order valence-electron chi connectivity index (χ4n) is 2.31. The fraction of sp³-hybridized carbons (Fsp3) is 0.571. The van der Waals surface area contributed by atoms with Crippen LogP contribution in [0.4, 0.5) is 13.2 Å². The number of aryl methyl sites for hydroxylation is 1. The number of nitrogens with one attached hydrogen (secondary N) is 1. The van der Waals surface area contributed by atoms with Gasteiger partial charge in [0.05, 0.1) is 5.56 Å². The van der Waals surface area contributed by atoms with Gasteiger partial charge in [-0.3, -0.25) is 0 Å². The van der Waals surface area contributed by atoms with E-state index < -0.39 is 11.7 Å². The molecule has 1 unspecified atom stereocenters. The molecular formula is C14H18F3NS. The third kappa shape index (κ3) is 4.42. The molecule has 1 aromatic rings. The number of alkyl halides is 3. The van der Waals surface area contributed by atoms with E-state index in [0.717, 1.165) is 25.3 Å². The zero-order valence-electron chi connectivity index (χ0n) is 10.7. The van der Waals surface area contributed by atoms with Crippen molar-refractivity contribution in [3.05, 3.63) is 35.4 Å². The minimum atomic E-state index is -4.24. The molecule has 5 heteroatoms. The first-order valence-electron chi connectivity index (χ1n) is 6.55. The van der Waals surface area contributed by atoms with E-state index in [4.69, 9.17) is 0 Å². The average Bonchev–Trinajstić information content (AvgIpc) is 2.39. The zero-order chi connectivity index (χ0) is 13.7. The van der Waals surface area contributed by atoms with Crippen molar-refractivity contribution in [1.82, 2.24) is 5.32 Å². The third-order valence-electron chi connectivity index (χ3n) is 3.30. The molecule has 1 aliphatic rings. The van der Waals surface area contributed by atoms with E-state index in [2.05, 4.69) is 5.32 Å². The molecule has 1 atom stereocenters. The monoisotopic (exact) mass is 289 g/mol. The number of halogens is 3. The highest BCUT2D eigenvalue weighted by molar-refractivity contribution is 7.99. The van der Waals surface area contributed by atoms with Crippen molar-refractivity contribution < 1.29 is 13.2 Å². The molecular weight excluding hydrogens is 271 g/mol. The van der Waals surface area contributed by atoms with E-state index in [1.807, 2.05) is 0 Å². The second kappa shape index (κ2) is 6.66. The first kappa shape index (κ1) is 14.7. The molecule has 0 amide bonds. The van der Waals surface area contributed by atoms with Crippen LogP contribution in [0, 0.1) is 0 Å². The van der Waals surface area contributed by atoms with E-state index >= 15 is 0 Å². The minimum Gasteiger partial charge on any atom is -0.316 e. The van der Waals surface area contributed by atoms with Crippen molar-refractivity contribution in [2.24, 2.45) is 0 Å². The molecule has 0 saturated carbocycles. The smallest absolute Gasteiger partial charge is 0.316 e. The summed E-state index contributed by atoms with van der Waals surface area (Å²) in [5.41, 5.74) is -0.0800. The SMILES string of the molecule is FC(F)(F)c1ccccc1CCSC1CCCNC1. The molecule has 1 nitrogen and oxygen atoms in total. The molecule has 1 saturated heterocycles. The molecule has 1 aliphatic heterocycles. The summed E-state index contributed by atoms with van der Waals surface area (Å²) in [6.45, 7) is 2.04. The van der Waals surface area contributed by atoms with E-state index in [1.165, 1.54) is 18.6 Å². The highest BCUT2D eigenvalue weighted by atomic mass is 32.2. The summed E-state index contributed by atoms with van der Waals surface area (Å²) in [4.78, 5) is 0. The first-order valence-corrected chi connectivity index (χ1v) is 7.59. The molecule has 1 N–H and O–H groups in total. The van der Waals surface area contributed by atoms with Crippen molar-refractivity contribution >= 4 is 11.8 Å². The molecule has 1 fully saturated rings. The average molecular weight is 289 g/mol. The van der Waals surface area contributed by atoms with E-state index in [9.17, 15) is 13.2 Å². The highest BCUT2D eigenvalue weighted by Gasteiger charge is 2.32. The van der Waals surface area contributed by atoms with Crippen molar-refractivity contribution in [2.75, 3.05) is 18.8 Å². The number of hydrogen-bond donors (Lipinski definition) is 1. The Morgan fingerprint density at radius 2 is 2.05 bits per heavy atom. The van der Waals surface area contributed by atoms with Gasteiger partial charge >= 0.3 is 6.18 Å². The normalized spacial score (nSPS) is 20.5. The van der Waals surface area contributed by atoms with Crippen LogP contribution in [0.3, 0.4) is 0 Å². The Morgan fingerprint density at radius 3 is 2.74 bits per heavy atom. The molecule has 1 aromatic carbocycles. The van der Waals surface area contributed by atoms with Crippen LogP contribution < -0.4 is 5.32 Å². The summed E-state index contributed by atoms with van der Waals surface area (Å²) < 4.78 is 38.4. The van der Waals surface area contributed by atoms with Crippen LogP contribution in [-0.4, -0.2) is 24.1 Å². The molecule has 0 radical (unpaired) electrons. The quantitative estimate of drug-likeness (QED) is 0.906. The van der Waals surface area contributed by atoms with Crippen LogP contribution in [0.5, 0.6) is 0 Å². The number of rotatable bonds is 4. The van der Waals surface area contributed by atoms with E-state index in [1.54, 1.807) is 23.9 Å². The summed E-state index contributed by atoms with van der Waals surface area (Å²) in [5.74, 6) is 0.749. The predicted octanol–water partition coefficient (Wildman–Crippen LogP) is 3.73. The Morgan fingerprint density at radius 1 is 1.26 bits per heavy atom. The van der Waals surface area contributed by atoms with Gasteiger partial charge in [-0.25, -0.2) is 0 Å². The lowest BCUT2D eigenvalue weighted by atomic mass is 10.1. The van der Waals surface area contributed by atoms with Crippen molar-refractivity contribution in [3.63, 3.8) is 0 Å². The largest absolute Gasteiger partial charge is 0.416 e. The van der Waals surface area contributed by atoms with Gasteiger partial charge in [0, 0.05) is 11.8 Å². The lowest BCUT2D eigenvalue weighted by Gasteiger charge is -2.22. The van der Waals surface area contributed by atoms with Gasteiger partial charge in [0.1, 0.15) is 0 Å². The zero-order valence-corrected chi connectivity index (χ0v) is 11.5. The van der Waals surface area contributed by atoms with Gasteiger partial charge in [-0.1, -0.05) is 18.2 Å². The van der Waals surface area contributed by atoms with Crippen molar-refractivity contribution in [2.45, 2.75) is 30.7 Å². The third-order valence-corrected chi connectivity index (χ3v) is 4.61. The summed E-state index contributed by atoms with van der Waals surface area (Å²) in [5, 5.41) is 3.87. The fourth-order valence-corrected chi connectivity index (χ4v) is 3.55. The van der Waals surface area contributed by atoms with Gasteiger partial charge in [-0.2, -0.15) is 24.9 Å². The molecule has 0 aliphatic carbocycles. The lowest BCUT2D eigenvalue weighted by Crippen LogP contribution is -2.31. The highest BCUT2D eigenvalue weighted by Crippen LogP contribution is 2.32. The topological polar surface area (TPSA) is 12.0 Å². The van der Waals surface area contributed by atoms with Gasteiger partial charge in [-0.15, -0.1) is 0 Å². The Bertz CT molecular complexity index is 400. The van der Waals surface area contributed by atoms with Crippen molar-refractivity contribution in [1.29, 1.82) is 0 Å². The number of piperidine rings is 1. The number of hydrogen-bond acceptors (Lipinski definition) is 2. The second-order valence-electron chi connectivity index (χ2n) is 4.74. The first-order chi connectivity index (χ1) is 9.07. The second-order valence-corrected chi connectivity index (χ2v) is 6.15. The molecule has 0 bridgehead atoms. The van der Waals surface area contributed by atoms with Crippen LogP contribution in [0.25, 0.3) is 0 Å². The Kier molecular flexibility index (Phi) is 5.16. The van der Waals surface area contributed by atoms with Crippen LogP contribution in [0.2, 0.25) is 0 Å². The minimum absolute atomic E-state index is 0.409. The van der Waals surface area contributed by atoms with Crippen LogP contribution in [0.15, 0.2) is 24.3 Å². The summed E-state index contributed by atoms with van der Waals surface area (Å²) >= 11 is 1.78. The molecule has 2 rings (SSSR count). The maximum absolute atomic E-state index is 12.8. The van der Waals surface area contributed by atoms with Crippen LogP contribution in [0.1, 0.15) is 24.0 Å². The van der Waals surface area contributed by atoms with Crippen LogP contribution in [-0.2, 0) is 12.6 Å². The maximum atomic E-state index is 12.8. The Hall–Kier alpha value is -0.680. The van der Waals surface area contributed by atoms with E-state index in [-0.39, 0.29) is 0 Å².